The molecule has 0 bridgehead atoms. The van der Waals surface area contributed by atoms with E-state index in [4.69, 9.17) is 4.74 Å². The third-order valence-electron chi connectivity index (χ3n) is 3.76. The molecule has 2 aliphatic rings. The predicted molar refractivity (Wildman–Crippen MR) is 67.7 cm³/mol. The van der Waals surface area contributed by atoms with E-state index in [-0.39, 0.29) is 12.5 Å². The number of anilines is 1. The van der Waals surface area contributed by atoms with E-state index in [1.807, 2.05) is 4.90 Å². The number of rotatable bonds is 3. The number of likely N-dealkylation sites (tertiary alicyclic amines) is 1. The molecule has 0 saturated carbocycles. The Kier molecular flexibility index (Phi) is 3.17. The maximum absolute atomic E-state index is 11.9. The Morgan fingerprint density at radius 3 is 3.06 bits per heavy atom. The highest BCUT2D eigenvalue weighted by Gasteiger charge is 2.45. The van der Waals surface area contributed by atoms with Gasteiger partial charge < -0.3 is 14.5 Å². The van der Waals surface area contributed by atoms with Crippen molar-refractivity contribution in [2.24, 2.45) is 0 Å². The molecule has 0 spiro atoms. The van der Waals surface area contributed by atoms with Crippen LogP contribution in [0, 0.1) is 0 Å². The molecule has 18 heavy (non-hydrogen) atoms. The highest BCUT2D eigenvalue weighted by molar-refractivity contribution is 7.13. The maximum Gasteiger partial charge on any atom is 0.248 e. The van der Waals surface area contributed by atoms with Crippen LogP contribution in [-0.4, -0.2) is 59.9 Å². The fourth-order valence-electron chi connectivity index (χ4n) is 3.03. The Labute approximate surface area is 110 Å². The molecule has 0 unspecified atom stereocenters. The van der Waals surface area contributed by atoms with Gasteiger partial charge in [-0.15, -0.1) is 10.2 Å². The van der Waals surface area contributed by atoms with Crippen LogP contribution in [0.15, 0.2) is 5.51 Å². The van der Waals surface area contributed by atoms with Crippen LogP contribution in [0.25, 0.3) is 0 Å². The summed E-state index contributed by atoms with van der Waals surface area (Å²) in [5.74, 6) is 0.101. The van der Waals surface area contributed by atoms with Crippen molar-refractivity contribution in [2.45, 2.75) is 24.9 Å². The van der Waals surface area contributed by atoms with Crippen LogP contribution in [-0.2, 0) is 9.53 Å². The molecule has 2 atom stereocenters. The molecule has 2 aliphatic heterocycles. The normalized spacial score (nSPS) is 26.7. The topological polar surface area (TPSA) is 58.6 Å². The molecule has 2 saturated heterocycles. The largest absolute Gasteiger partial charge is 0.375 e. The quantitative estimate of drug-likeness (QED) is 0.792. The number of ether oxygens (including phenoxy) is 1. The average molecular weight is 268 g/mol. The molecule has 1 aromatic heterocycles. The minimum atomic E-state index is 0.101. The van der Waals surface area contributed by atoms with E-state index in [0.717, 1.165) is 31.1 Å². The van der Waals surface area contributed by atoms with Crippen LogP contribution in [0.3, 0.4) is 0 Å². The highest BCUT2D eigenvalue weighted by atomic mass is 32.1. The van der Waals surface area contributed by atoms with Gasteiger partial charge in [0.1, 0.15) is 12.1 Å². The van der Waals surface area contributed by atoms with Gasteiger partial charge in [0.25, 0.3) is 0 Å². The average Bonchev–Trinajstić information content (AvgIpc) is 3.05. The lowest BCUT2D eigenvalue weighted by Gasteiger charge is -2.24. The molecule has 1 aromatic rings. The molecule has 0 N–H and O–H groups in total. The van der Waals surface area contributed by atoms with Crippen molar-refractivity contribution < 1.29 is 9.53 Å². The monoisotopic (exact) mass is 268 g/mol. The molecular weight excluding hydrogens is 252 g/mol. The van der Waals surface area contributed by atoms with Crippen LogP contribution < -0.4 is 4.90 Å². The Balaban J connectivity index is 1.72. The van der Waals surface area contributed by atoms with Gasteiger partial charge in [0.2, 0.25) is 11.0 Å². The van der Waals surface area contributed by atoms with Gasteiger partial charge in [-0.05, 0) is 12.8 Å². The number of fused-ring (bicyclic) bond motifs is 1. The van der Waals surface area contributed by atoms with E-state index in [2.05, 4.69) is 15.1 Å². The van der Waals surface area contributed by atoms with E-state index < -0.39 is 0 Å². The summed E-state index contributed by atoms with van der Waals surface area (Å²) in [4.78, 5) is 16.2. The molecule has 0 aliphatic carbocycles. The summed E-state index contributed by atoms with van der Waals surface area (Å²) in [5, 5.41) is 9.00. The zero-order chi connectivity index (χ0) is 12.5. The number of methoxy groups -OCH3 is 1. The first-order valence-corrected chi connectivity index (χ1v) is 7.00. The molecule has 0 aromatic carbocycles. The van der Waals surface area contributed by atoms with Crippen molar-refractivity contribution in [3.8, 4) is 0 Å². The van der Waals surface area contributed by atoms with Crippen molar-refractivity contribution in [3.63, 3.8) is 0 Å². The van der Waals surface area contributed by atoms with Crippen molar-refractivity contribution in [2.75, 3.05) is 31.7 Å². The first kappa shape index (κ1) is 11.9. The van der Waals surface area contributed by atoms with Crippen molar-refractivity contribution >= 4 is 22.4 Å². The fourth-order valence-corrected chi connectivity index (χ4v) is 3.68. The van der Waals surface area contributed by atoms with Crippen molar-refractivity contribution in [1.82, 2.24) is 15.1 Å². The number of carbonyl (C=O) groups is 1. The van der Waals surface area contributed by atoms with Crippen molar-refractivity contribution in [3.05, 3.63) is 5.51 Å². The smallest absolute Gasteiger partial charge is 0.248 e. The fraction of sp³-hybridized carbons (Fsp3) is 0.727. The SMILES string of the molecule is COCC(=O)N1CC[C@@H]2[C@H]1CCN2c1nncs1. The minimum absolute atomic E-state index is 0.101. The summed E-state index contributed by atoms with van der Waals surface area (Å²) in [6, 6.07) is 0.718. The maximum atomic E-state index is 11.9. The Morgan fingerprint density at radius 2 is 2.33 bits per heavy atom. The highest BCUT2D eigenvalue weighted by Crippen LogP contribution is 2.35. The lowest BCUT2D eigenvalue weighted by molar-refractivity contribution is -0.135. The van der Waals surface area contributed by atoms with E-state index in [1.165, 1.54) is 0 Å². The number of carbonyl (C=O) groups excluding carboxylic acids is 1. The number of hydrogen-bond acceptors (Lipinski definition) is 6. The second-order valence-electron chi connectivity index (χ2n) is 4.65. The van der Waals surface area contributed by atoms with E-state index in [9.17, 15) is 4.79 Å². The second kappa shape index (κ2) is 4.81. The van der Waals surface area contributed by atoms with Crippen molar-refractivity contribution in [1.29, 1.82) is 0 Å². The molecule has 2 fully saturated rings. The Bertz CT molecular complexity index is 425. The molecule has 98 valence electrons. The summed E-state index contributed by atoms with van der Waals surface area (Å²) < 4.78 is 4.94. The van der Waals surface area contributed by atoms with Crippen LogP contribution in [0.2, 0.25) is 0 Å². The van der Waals surface area contributed by atoms with Gasteiger partial charge in [-0.1, -0.05) is 11.3 Å². The van der Waals surface area contributed by atoms with Gasteiger partial charge in [-0.25, -0.2) is 0 Å². The van der Waals surface area contributed by atoms with Crippen LogP contribution in [0.1, 0.15) is 12.8 Å². The molecular formula is C11H16N4O2S. The zero-order valence-electron chi connectivity index (χ0n) is 10.3. The summed E-state index contributed by atoms with van der Waals surface area (Å²) >= 11 is 1.56. The predicted octanol–water partition coefficient (Wildman–Crippen LogP) is 0.364. The lowest BCUT2D eigenvalue weighted by atomic mass is 10.1. The third-order valence-corrected chi connectivity index (χ3v) is 4.49. The molecule has 7 heteroatoms. The summed E-state index contributed by atoms with van der Waals surface area (Å²) in [7, 11) is 1.56. The minimum Gasteiger partial charge on any atom is -0.375 e. The van der Waals surface area contributed by atoms with Gasteiger partial charge in [0.05, 0.1) is 12.1 Å². The lowest BCUT2D eigenvalue weighted by Crippen LogP contribution is -2.41. The summed E-state index contributed by atoms with van der Waals surface area (Å²) in [6.45, 7) is 1.97. The standard InChI is InChI=1S/C11H16N4O2S/c1-17-6-10(16)14-4-2-9-8(14)3-5-15(9)11-13-12-7-18-11/h7-9H,2-6H2,1H3/t8-,9-/m1/s1. The van der Waals surface area contributed by atoms with Crippen LogP contribution in [0.4, 0.5) is 5.13 Å². The van der Waals surface area contributed by atoms with E-state index >= 15 is 0 Å². The van der Waals surface area contributed by atoms with Crippen LogP contribution >= 0.6 is 11.3 Å². The van der Waals surface area contributed by atoms with Crippen LogP contribution in [0.5, 0.6) is 0 Å². The summed E-state index contributed by atoms with van der Waals surface area (Å²) in [5.41, 5.74) is 1.76. The molecule has 1 amide bonds. The zero-order valence-corrected chi connectivity index (χ0v) is 11.1. The van der Waals surface area contributed by atoms with Gasteiger partial charge in [0, 0.05) is 20.2 Å². The Hall–Kier alpha value is -1.21. The van der Waals surface area contributed by atoms with Gasteiger partial charge >= 0.3 is 0 Å². The summed E-state index contributed by atoms with van der Waals surface area (Å²) in [6.07, 6.45) is 2.03. The third kappa shape index (κ3) is 1.87. The van der Waals surface area contributed by atoms with Gasteiger partial charge in [-0.3, -0.25) is 4.79 Å². The van der Waals surface area contributed by atoms with Gasteiger partial charge in [0.15, 0.2) is 0 Å². The molecule has 3 rings (SSSR count). The number of aromatic nitrogens is 2. The molecule has 3 heterocycles. The molecule has 0 radical (unpaired) electrons. The van der Waals surface area contributed by atoms with Gasteiger partial charge in [-0.2, -0.15) is 0 Å². The number of nitrogens with zero attached hydrogens (tertiary/aromatic N) is 4. The number of hydrogen-bond donors (Lipinski definition) is 0. The Morgan fingerprint density at radius 1 is 1.50 bits per heavy atom. The van der Waals surface area contributed by atoms with E-state index in [0.29, 0.717) is 12.1 Å². The first-order valence-electron chi connectivity index (χ1n) is 6.12. The molecule has 6 nitrogen and oxygen atoms in total. The number of amides is 1. The van der Waals surface area contributed by atoms with E-state index in [1.54, 1.807) is 24.0 Å². The second-order valence-corrected chi connectivity index (χ2v) is 5.46. The first-order chi connectivity index (χ1) is 8.81.